The Bertz CT molecular complexity index is 192. The number of aliphatic hydroxyl groups excluding tert-OH is 1. The van der Waals surface area contributed by atoms with Crippen molar-refractivity contribution in [3.63, 3.8) is 0 Å². The van der Waals surface area contributed by atoms with E-state index in [0.717, 1.165) is 12.8 Å². The van der Waals surface area contributed by atoms with Gasteiger partial charge in [0.25, 0.3) is 0 Å². The first-order chi connectivity index (χ1) is 8.70. The fraction of sp³-hybridized carbons (Fsp3) is 0.933. The predicted molar refractivity (Wildman–Crippen MR) is 74.5 cm³/mol. The maximum atomic E-state index is 10.9. The number of hydrogen-bond donors (Lipinski definition) is 1. The summed E-state index contributed by atoms with van der Waals surface area (Å²) >= 11 is 0. The molecule has 0 rings (SSSR count). The zero-order valence-electron chi connectivity index (χ0n) is 12.1. The summed E-state index contributed by atoms with van der Waals surface area (Å²) in [4.78, 5) is 10.9. The highest BCUT2D eigenvalue weighted by Crippen LogP contribution is 2.12. The van der Waals surface area contributed by atoms with Gasteiger partial charge in [0.15, 0.2) is 0 Å². The molecule has 0 aromatic heterocycles. The quantitative estimate of drug-likeness (QED) is 0.427. The first-order valence-corrected chi connectivity index (χ1v) is 7.45. The molecule has 0 saturated carbocycles. The van der Waals surface area contributed by atoms with Crippen molar-refractivity contribution in [1.82, 2.24) is 0 Å². The Morgan fingerprint density at radius 2 is 1.50 bits per heavy atom. The molecular weight excluding hydrogens is 228 g/mol. The van der Waals surface area contributed by atoms with Crippen LogP contribution in [-0.2, 0) is 9.53 Å². The van der Waals surface area contributed by atoms with E-state index in [9.17, 15) is 9.90 Å². The molecule has 3 heteroatoms. The van der Waals surface area contributed by atoms with E-state index in [-0.39, 0.29) is 12.4 Å². The number of rotatable bonds is 12. The molecule has 0 amide bonds. The monoisotopic (exact) mass is 258 g/mol. The molecule has 0 heterocycles. The molecular formula is C15H30O3. The summed E-state index contributed by atoms with van der Waals surface area (Å²) in [6.07, 6.45) is 11.8. The average Bonchev–Trinajstić information content (AvgIpc) is 2.36. The van der Waals surface area contributed by atoms with E-state index < -0.39 is 6.10 Å². The Morgan fingerprint density at radius 1 is 1.00 bits per heavy atom. The topological polar surface area (TPSA) is 46.5 Å². The molecule has 108 valence electrons. The van der Waals surface area contributed by atoms with Crippen molar-refractivity contribution in [3.05, 3.63) is 0 Å². The largest absolute Gasteiger partial charge is 0.469 e. The normalized spacial score (nSPS) is 12.4. The van der Waals surface area contributed by atoms with E-state index in [1.54, 1.807) is 0 Å². The summed E-state index contributed by atoms with van der Waals surface area (Å²) in [5.41, 5.74) is 0. The minimum Gasteiger partial charge on any atom is -0.469 e. The third-order valence-corrected chi connectivity index (χ3v) is 3.27. The van der Waals surface area contributed by atoms with Crippen LogP contribution in [0.1, 0.15) is 77.6 Å². The number of ether oxygens (including phenoxy) is 1. The Balaban J connectivity index is 3.17. The van der Waals surface area contributed by atoms with Gasteiger partial charge in [-0.05, 0) is 6.42 Å². The second kappa shape index (κ2) is 12.9. The first kappa shape index (κ1) is 17.4. The summed E-state index contributed by atoms with van der Waals surface area (Å²) in [6.45, 7) is 2.24. The summed E-state index contributed by atoms with van der Waals surface area (Å²) in [6, 6.07) is 0. The SMILES string of the molecule is CCCCCCCCCCC[C@H](O)CC(=O)OC. The number of unbranched alkanes of at least 4 members (excludes halogenated alkanes) is 8. The van der Waals surface area contributed by atoms with E-state index in [1.165, 1.54) is 52.1 Å². The number of carbonyl (C=O) groups excluding carboxylic acids is 1. The molecule has 1 atom stereocenters. The molecule has 0 aliphatic rings. The van der Waals surface area contributed by atoms with Crippen LogP contribution in [0.4, 0.5) is 0 Å². The molecule has 18 heavy (non-hydrogen) atoms. The molecule has 0 aliphatic carbocycles. The van der Waals surface area contributed by atoms with E-state index in [4.69, 9.17) is 0 Å². The van der Waals surface area contributed by atoms with Crippen LogP contribution in [0.15, 0.2) is 0 Å². The highest BCUT2D eigenvalue weighted by Gasteiger charge is 2.09. The molecule has 0 aromatic rings. The lowest BCUT2D eigenvalue weighted by molar-refractivity contribution is -0.142. The number of methoxy groups -OCH3 is 1. The molecule has 0 radical (unpaired) electrons. The van der Waals surface area contributed by atoms with Crippen LogP contribution in [0, 0.1) is 0 Å². The van der Waals surface area contributed by atoms with E-state index >= 15 is 0 Å². The van der Waals surface area contributed by atoms with Crippen molar-refractivity contribution in [2.45, 2.75) is 83.7 Å². The molecule has 0 aliphatic heterocycles. The highest BCUT2D eigenvalue weighted by atomic mass is 16.5. The van der Waals surface area contributed by atoms with Crippen LogP contribution in [-0.4, -0.2) is 24.3 Å². The van der Waals surface area contributed by atoms with Crippen LogP contribution in [0.5, 0.6) is 0 Å². The van der Waals surface area contributed by atoms with Crippen molar-refractivity contribution in [1.29, 1.82) is 0 Å². The van der Waals surface area contributed by atoms with Gasteiger partial charge in [0.05, 0.1) is 19.6 Å². The van der Waals surface area contributed by atoms with Gasteiger partial charge in [0, 0.05) is 0 Å². The predicted octanol–water partition coefficient (Wildman–Crippen LogP) is 3.83. The second-order valence-corrected chi connectivity index (χ2v) is 5.05. The molecule has 0 fully saturated rings. The standard InChI is InChI=1S/C15H30O3/c1-3-4-5-6-7-8-9-10-11-12-14(16)13-15(17)18-2/h14,16H,3-13H2,1-2H3/t14-/m0/s1. The Morgan fingerprint density at radius 3 is 2.00 bits per heavy atom. The fourth-order valence-corrected chi connectivity index (χ4v) is 2.07. The van der Waals surface area contributed by atoms with E-state index in [0.29, 0.717) is 6.42 Å². The lowest BCUT2D eigenvalue weighted by atomic mass is 10.0. The molecule has 0 saturated heterocycles. The third kappa shape index (κ3) is 11.9. The molecule has 0 bridgehead atoms. The third-order valence-electron chi connectivity index (χ3n) is 3.27. The number of aliphatic hydroxyl groups is 1. The van der Waals surface area contributed by atoms with Gasteiger partial charge in [-0.1, -0.05) is 64.7 Å². The van der Waals surface area contributed by atoms with Crippen molar-refractivity contribution in [3.8, 4) is 0 Å². The zero-order chi connectivity index (χ0) is 13.6. The minimum atomic E-state index is -0.526. The average molecular weight is 258 g/mol. The summed E-state index contributed by atoms with van der Waals surface area (Å²) in [7, 11) is 1.35. The van der Waals surface area contributed by atoms with Gasteiger partial charge in [0.2, 0.25) is 0 Å². The van der Waals surface area contributed by atoms with Crippen molar-refractivity contribution < 1.29 is 14.6 Å². The lowest BCUT2D eigenvalue weighted by Crippen LogP contribution is -2.14. The smallest absolute Gasteiger partial charge is 0.308 e. The molecule has 1 N–H and O–H groups in total. The van der Waals surface area contributed by atoms with Gasteiger partial charge in [0.1, 0.15) is 0 Å². The Labute approximate surface area is 112 Å². The first-order valence-electron chi connectivity index (χ1n) is 7.45. The number of hydrogen-bond acceptors (Lipinski definition) is 3. The fourth-order valence-electron chi connectivity index (χ4n) is 2.07. The van der Waals surface area contributed by atoms with Crippen LogP contribution in [0.25, 0.3) is 0 Å². The summed E-state index contributed by atoms with van der Waals surface area (Å²) < 4.78 is 4.51. The summed E-state index contributed by atoms with van der Waals surface area (Å²) in [5, 5.41) is 9.55. The minimum absolute atomic E-state index is 0.132. The summed E-state index contributed by atoms with van der Waals surface area (Å²) in [5.74, 6) is -0.321. The molecule has 0 aromatic carbocycles. The maximum absolute atomic E-state index is 10.9. The molecule has 3 nitrogen and oxygen atoms in total. The second-order valence-electron chi connectivity index (χ2n) is 5.05. The molecule has 0 spiro atoms. The lowest BCUT2D eigenvalue weighted by Gasteiger charge is -2.08. The highest BCUT2D eigenvalue weighted by molar-refractivity contribution is 5.69. The van der Waals surface area contributed by atoms with Crippen molar-refractivity contribution in [2.75, 3.05) is 7.11 Å². The van der Waals surface area contributed by atoms with Gasteiger partial charge in [-0.15, -0.1) is 0 Å². The zero-order valence-corrected chi connectivity index (χ0v) is 12.1. The van der Waals surface area contributed by atoms with Gasteiger partial charge in [-0.2, -0.15) is 0 Å². The van der Waals surface area contributed by atoms with Gasteiger partial charge < -0.3 is 9.84 Å². The Hall–Kier alpha value is -0.570. The molecule has 0 unspecified atom stereocenters. The van der Waals surface area contributed by atoms with Crippen molar-refractivity contribution >= 4 is 5.97 Å². The van der Waals surface area contributed by atoms with E-state index in [1.807, 2.05) is 0 Å². The maximum Gasteiger partial charge on any atom is 0.308 e. The van der Waals surface area contributed by atoms with Crippen LogP contribution in [0.3, 0.4) is 0 Å². The van der Waals surface area contributed by atoms with Gasteiger partial charge in [-0.3, -0.25) is 4.79 Å². The van der Waals surface area contributed by atoms with Crippen LogP contribution < -0.4 is 0 Å². The van der Waals surface area contributed by atoms with Gasteiger partial charge in [-0.25, -0.2) is 0 Å². The Kier molecular flexibility index (Phi) is 12.5. The number of esters is 1. The van der Waals surface area contributed by atoms with Crippen LogP contribution in [0.2, 0.25) is 0 Å². The van der Waals surface area contributed by atoms with Gasteiger partial charge >= 0.3 is 5.97 Å². The number of carbonyl (C=O) groups is 1. The van der Waals surface area contributed by atoms with E-state index in [2.05, 4.69) is 11.7 Å². The van der Waals surface area contributed by atoms with Crippen LogP contribution >= 0.6 is 0 Å². The van der Waals surface area contributed by atoms with Crippen molar-refractivity contribution in [2.24, 2.45) is 0 Å².